The zero-order valence-electron chi connectivity index (χ0n) is 21.5. The Hall–Kier alpha value is -4.35. The number of allylic oxidation sites excluding steroid dienone is 3. The summed E-state index contributed by atoms with van der Waals surface area (Å²) in [5, 5.41) is 25.4. The third-order valence-electron chi connectivity index (χ3n) is 7.53. The molecule has 1 saturated heterocycles. The minimum atomic E-state index is -1.60. The summed E-state index contributed by atoms with van der Waals surface area (Å²) in [5.41, 5.74) is 5.86. The first-order valence-corrected chi connectivity index (χ1v) is 12.6. The molecule has 0 bridgehead atoms. The number of carbonyl (C=O) groups excluding carboxylic acids is 2. The number of halogens is 2. The van der Waals surface area contributed by atoms with Crippen LogP contribution in [-0.2, 0) is 16.9 Å². The number of alkyl halides is 1. The summed E-state index contributed by atoms with van der Waals surface area (Å²) < 4.78 is 32.0. The minimum absolute atomic E-state index is 0.102. The van der Waals surface area contributed by atoms with Crippen LogP contribution in [0.1, 0.15) is 47.7 Å². The highest BCUT2D eigenvalue weighted by molar-refractivity contribution is 6.03. The summed E-state index contributed by atoms with van der Waals surface area (Å²) in [6.07, 6.45) is 3.44. The normalized spacial score (nSPS) is 24.8. The number of nitrogens with zero attached hydrogens (tertiary/aromatic N) is 5. The molecule has 1 aromatic carbocycles. The number of nitrogens with two attached hydrogens (primary N) is 1. The first-order valence-electron chi connectivity index (χ1n) is 12.6. The summed E-state index contributed by atoms with van der Waals surface area (Å²) in [6.45, 7) is 5.97. The van der Waals surface area contributed by atoms with E-state index in [0.717, 1.165) is 5.57 Å². The molecule has 2 aromatic rings. The number of primary amides is 1. The van der Waals surface area contributed by atoms with E-state index in [9.17, 15) is 19.2 Å². The van der Waals surface area contributed by atoms with E-state index in [1.165, 1.54) is 16.9 Å². The van der Waals surface area contributed by atoms with Gasteiger partial charge < -0.3 is 11.1 Å². The lowest BCUT2D eigenvalue weighted by Gasteiger charge is -2.43. The molecule has 4 atom stereocenters. The highest BCUT2D eigenvalue weighted by atomic mass is 19.1. The monoisotopic (exact) mass is 533 g/mol. The van der Waals surface area contributed by atoms with Gasteiger partial charge in [-0.3, -0.25) is 19.2 Å². The number of hydrogen-bond acceptors (Lipinski definition) is 6. The summed E-state index contributed by atoms with van der Waals surface area (Å²) in [4.78, 5) is 26.3. The number of anilines is 1. The van der Waals surface area contributed by atoms with Crippen LogP contribution in [0, 0.1) is 40.3 Å². The number of nitriles is 2. The van der Waals surface area contributed by atoms with E-state index >= 15 is 4.39 Å². The molecule has 1 aliphatic heterocycles. The second-order valence-corrected chi connectivity index (χ2v) is 9.91. The number of likely N-dealkylation sites (tertiary alicyclic amines) is 1. The number of carbonyl (C=O) groups is 2. The zero-order chi connectivity index (χ0) is 28.3. The van der Waals surface area contributed by atoms with Crippen molar-refractivity contribution in [2.24, 2.45) is 17.6 Å². The molecule has 2 heterocycles. The van der Waals surface area contributed by atoms with Crippen molar-refractivity contribution in [3.05, 3.63) is 65.6 Å². The number of hydrogen-bond donors (Lipinski definition) is 2. The minimum Gasteiger partial charge on any atom is -0.365 e. The molecule has 1 aliphatic carbocycles. The molecule has 9 nitrogen and oxygen atoms in total. The smallest absolute Gasteiger partial charge is 0.254 e. The Balaban J connectivity index is 1.54. The predicted molar refractivity (Wildman–Crippen MR) is 140 cm³/mol. The topological polar surface area (TPSA) is 141 Å². The largest absolute Gasteiger partial charge is 0.365 e. The number of piperidine rings is 1. The SMILES string of the molecule is C=C/C(=C\C)c1ccc(CN2CCC(CC#N)(n3cc(C(N)=O)c(NC(=O)C4CC4C#N)n3)C(F)C2)c(F)c1. The van der Waals surface area contributed by atoms with Crippen LogP contribution < -0.4 is 11.1 Å². The fourth-order valence-corrected chi connectivity index (χ4v) is 5.02. The fraction of sp³-hybridized carbons (Fsp3) is 0.393. The van der Waals surface area contributed by atoms with Crippen LogP contribution in [0.4, 0.5) is 14.6 Å². The average molecular weight is 534 g/mol. The summed E-state index contributed by atoms with van der Waals surface area (Å²) in [5.74, 6) is -2.81. The van der Waals surface area contributed by atoms with Gasteiger partial charge in [0.1, 0.15) is 23.1 Å². The molecule has 2 amide bonds. The van der Waals surface area contributed by atoms with E-state index < -0.39 is 41.2 Å². The van der Waals surface area contributed by atoms with Gasteiger partial charge in [-0.2, -0.15) is 15.6 Å². The van der Waals surface area contributed by atoms with Gasteiger partial charge in [-0.05, 0) is 37.0 Å². The maximum absolute atomic E-state index is 15.9. The maximum atomic E-state index is 15.9. The van der Waals surface area contributed by atoms with E-state index in [4.69, 9.17) is 11.0 Å². The van der Waals surface area contributed by atoms with Crippen LogP contribution >= 0.6 is 0 Å². The van der Waals surface area contributed by atoms with Crippen LogP contribution in [0.25, 0.3) is 5.57 Å². The quantitative estimate of drug-likeness (QED) is 0.471. The van der Waals surface area contributed by atoms with E-state index in [1.807, 2.05) is 25.1 Å². The molecule has 2 aliphatic rings. The molecular formula is C28H29F2N7O2. The average Bonchev–Trinajstić information content (AvgIpc) is 3.59. The van der Waals surface area contributed by atoms with Gasteiger partial charge in [0.15, 0.2) is 5.82 Å². The van der Waals surface area contributed by atoms with Crippen molar-refractivity contribution in [3.8, 4) is 12.1 Å². The Morgan fingerprint density at radius 1 is 1.38 bits per heavy atom. The van der Waals surface area contributed by atoms with Crippen molar-refractivity contribution in [3.63, 3.8) is 0 Å². The van der Waals surface area contributed by atoms with Crippen molar-refractivity contribution >= 4 is 23.2 Å². The van der Waals surface area contributed by atoms with Crippen molar-refractivity contribution in [2.75, 3.05) is 18.4 Å². The summed E-state index contributed by atoms with van der Waals surface area (Å²) >= 11 is 0. The van der Waals surface area contributed by atoms with Crippen molar-refractivity contribution in [2.45, 2.75) is 44.4 Å². The molecule has 202 valence electrons. The van der Waals surface area contributed by atoms with Crippen LogP contribution in [0.15, 0.2) is 43.1 Å². The van der Waals surface area contributed by atoms with Gasteiger partial charge in [0.2, 0.25) is 5.91 Å². The molecule has 1 saturated carbocycles. The maximum Gasteiger partial charge on any atom is 0.254 e. The predicted octanol–water partition coefficient (Wildman–Crippen LogP) is 3.66. The van der Waals surface area contributed by atoms with E-state index in [2.05, 4.69) is 17.0 Å². The Kier molecular flexibility index (Phi) is 7.93. The Bertz CT molecular complexity index is 1420. The lowest BCUT2D eigenvalue weighted by atomic mass is 9.83. The van der Waals surface area contributed by atoms with Crippen molar-refractivity contribution < 1.29 is 18.4 Å². The third-order valence-corrected chi connectivity index (χ3v) is 7.53. The fourth-order valence-electron chi connectivity index (χ4n) is 5.02. The van der Waals surface area contributed by atoms with Gasteiger partial charge >= 0.3 is 0 Å². The van der Waals surface area contributed by atoms with Gasteiger partial charge in [0.25, 0.3) is 5.91 Å². The van der Waals surface area contributed by atoms with Gasteiger partial charge in [-0.25, -0.2) is 8.78 Å². The molecule has 0 spiro atoms. The summed E-state index contributed by atoms with van der Waals surface area (Å²) in [7, 11) is 0. The number of nitrogens with one attached hydrogen (secondary N) is 1. The highest BCUT2D eigenvalue weighted by Gasteiger charge is 2.47. The Labute approximate surface area is 225 Å². The molecule has 4 unspecified atom stereocenters. The van der Waals surface area contributed by atoms with E-state index in [1.54, 1.807) is 23.1 Å². The second kappa shape index (κ2) is 11.2. The molecule has 4 rings (SSSR count). The van der Waals surface area contributed by atoms with Gasteiger partial charge in [0.05, 0.1) is 30.4 Å². The van der Waals surface area contributed by atoms with Crippen molar-refractivity contribution in [1.82, 2.24) is 14.7 Å². The van der Waals surface area contributed by atoms with E-state index in [-0.39, 0.29) is 37.3 Å². The first kappa shape index (κ1) is 27.7. The number of benzene rings is 1. The van der Waals surface area contributed by atoms with Crippen LogP contribution in [0.2, 0.25) is 0 Å². The van der Waals surface area contributed by atoms with Crippen LogP contribution in [-0.4, -0.2) is 45.8 Å². The second-order valence-electron chi connectivity index (χ2n) is 9.91. The lowest BCUT2D eigenvalue weighted by Crippen LogP contribution is -2.54. The van der Waals surface area contributed by atoms with Gasteiger partial charge in [0, 0.05) is 31.4 Å². The van der Waals surface area contributed by atoms with Gasteiger partial charge in [-0.15, -0.1) is 0 Å². The van der Waals surface area contributed by atoms with Crippen LogP contribution in [0.5, 0.6) is 0 Å². The third kappa shape index (κ3) is 5.45. The lowest BCUT2D eigenvalue weighted by molar-refractivity contribution is -0.117. The van der Waals surface area contributed by atoms with E-state index in [0.29, 0.717) is 24.1 Å². The van der Waals surface area contributed by atoms with Crippen LogP contribution in [0.3, 0.4) is 0 Å². The molecule has 39 heavy (non-hydrogen) atoms. The number of amides is 2. The molecule has 11 heteroatoms. The molecule has 2 fully saturated rings. The number of aromatic nitrogens is 2. The first-order chi connectivity index (χ1) is 18.7. The van der Waals surface area contributed by atoms with Gasteiger partial charge in [-0.1, -0.05) is 30.9 Å². The Morgan fingerprint density at radius 2 is 2.15 bits per heavy atom. The Morgan fingerprint density at radius 3 is 2.72 bits per heavy atom. The zero-order valence-corrected chi connectivity index (χ0v) is 21.5. The summed E-state index contributed by atoms with van der Waals surface area (Å²) in [6, 6.07) is 8.92. The number of rotatable bonds is 9. The molecule has 1 aromatic heterocycles. The molecule has 0 radical (unpaired) electrons. The molecule has 3 N–H and O–H groups in total. The van der Waals surface area contributed by atoms with Crippen molar-refractivity contribution in [1.29, 1.82) is 10.5 Å². The standard InChI is InChI=1S/C28H29F2N7O2/c1-3-17(4-2)18-5-6-19(23(29)12-18)14-36-10-8-28(7-9-31,24(30)16-36)37-15-22(25(33)38)26(35-37)34-27(39)21-11-20(21)13-32/h3-6,12,15,20-21,24H,1,7-8,10-11,14,16H2,2H3,(H2,33,38)(H,34,35,39)/b17-4+. The molecular weight excluding hydrogens is 504 g/mol. The highest BCUT2D eigenvalue weighted by Crippen LogP contribution is 2.40.